The van der Waals surface area contributed by atoms with Crippen LogP contribution in [0.2, 0.25) is 0 Å². The molecule has 0 heterocycles. The third kappa shape index (κ3) is 10.7. The molecule has 3 heteroatoms. The van der Waals surface area contributed by atoms with E-state index >= 15 is 0 Å². The third-order valence-electron chi connectivity index (χ3n) is 1.72. The predicted molar refractivity (Wildman–Crippen MR) is 62.1 cm³/mol. The molecule has 0 aromatic heterocycles. The van der Waals surface area contributed by atoms with E-state index in [1.165, 1.54) is 30.1 Å². The minimum atomic E-state index is 0.827. The number of hydrogen-bond acceptors (Lipinski definition) is 2. The van der Waals surface area contributed by atoms with Crippen LogP contribution in [0.1, 0.15) is 25.7 Å². The van der Waals surface area contributed by atoms with Crippen molar-refractivity contribution in [1.82, 2.24) is 5.32 Å². The molecule has 0 amide bonds. The molecule has 0 bridgehead atoms. The molecule has 0 spiro atoms. The van der Waals surface area contributed by atoms with Crippen LogP contribution in [0.3, 0.4) is 0 Å². The Labute approximate surface area is 89.6 Å². The SMILES string of the molecule is COCCNCCCCCCI. The number of nitrogens with one attached hydrogen (secondary N) is 1. The highest BCUT2D eigenvalue weighted by Crippen LogP contribution is 2.00. The van der Waals surface area contributed by atoms with Crippen molar-refractivity contribution in [2.24, 2.45) is 0 Å². The van der Waals surface area contributed by atoms with Crippen molar-refractivity contribution < 1.29 is 4.74 Å². The highest BCUT2D eigenvalue weighted by molar-refractivity contribution is 14.1. The second-order valence-corrected chi connectivity index (χ2v) is 3.92. The fourth-order valence-corrected chi connectivity index (χ4v) is 1.54. The standard InChI is InChI=1S/C9H20INO/c1-12-9-8-11-7-5-3-2-4-6-10/h11H,2-9H2,1H3. The molecule has 0 radical (unpaired) electrons. The van der Waals surface area contributed by atoms with E-state index in [0.717, 1.165) is 19.7 Å². The maximum absolute atomic E-state index is 4.92. The van der Waals surface area contributed by atoms with Crippen molar-refractivity contribution in [3.63, 3.8) is 0 Å². The summed E-state index contributed by atoms with van der Waals surface area (Å²) in [5.41, 5.74) is 0. The molecule has 1 N–H and O–H groups in total. The summed E-state index contributed by atoms with van der Waals surface area (Å²) in [5.74, 6) is 0. The number of rotatable bonds is 9. The van der Waals surface area contributed by atoms with Gasteiger partial charge in [-0.15, -0.1) is 0 Å². The first-order valence-electron chi connectivity index (χ1n) is 4.67. The second kappa shape index (κ2) is 11.6. The lowest BCUT2D eigenvalue weighted by atomic mass is 10.2. The lowest BCUT2D eigenvalue weighted by molar-refractivity contribution is 0.199. The van der Waals surface area contributed by atoms with Crippen molar-refractivity contribution in [2.75, 3.05) is 31.2 Å². The Morgan fingerprint density at radius 3 is 2.50 bits per heavy atom. The normalized spacial score (nSPS) is 10.5. The van der Waals surface area contributed by atoms with E-state index in [0.29, 0.717) is 0 Å². The van der Waals surface area contributed by atoms with Crippen molar-refractivity contribution in [3.05, 3.63) is 0 Å². The van der Waals surface area contributed by atoms with Crippen LogP contribution in [-0.4, -0.2) is 31.2 Å². The molecule has 0 atom stereocenters. The van der Waals surface area contributed by atoms with Crippen molar-refractivity contribution in [2.45, 2.75) is 25.7 Å². The van der Waals surface area contributed by atoms with Gasteiger partial charge in [0.15, 0.2) is 0 Å². The molecule has 0 aromatic carbocycles. The summed E-state index contributed by atoms with van der Waals surface area (Å²) in [7, 11) is 1.74. The van der Waals surface area contributed by atoms with Gasteiger partial charge in [0.25, 0.3) is 0 Å². The van der Waals surface area contributed by atoms with Crippen LogP contribution in [0, 0.1) is 0 Å². The second-order valence-electron chi connectivity index (χ2n) is 2.85. The Balaban J connectivity index is 2.73. The number of alkyl halides is 1. The number of ether oxygens (including phenoxy) is 1. The molecule has 12 heavy (non-hydrogen) atoms. The van der Waals surface area contributed by atoms with Gasteiger partial charge in [0.1, 0.15) is 0 Å². The smallest absolute Gasteiger partial charge is 0.0587 e. The average molecular weight is 285 g/mol. The van der Waals surface area contributed by atoms with E-state index < -0.39 is 0 Å². The van der Waals surface area contributed by atoms with Gasteiger partial charge in [-0.3, -0.25) is 0 Å². The van der Waals surface area contributed by atoms with Gasteiger partial charge < -0.3 is 10.1 Å². The number of hydrogen-bond donors (Lipinski definition) is 1. The van der Waals surface area contributed by atoms with E-state index in [2.05, 4.69) is 27.9 Å². The van der Waals surface area contributed by atoms with Gasteiger partial charge in [-0.25, -0.2) is 0 Å². The van der Waals surface area contributed by atoms with Gasteiger partial charge in [-0.05, 0) is 23.8 Å². The lowest BCUT2D eigenvalue weighted by Gasteiger charge is -2.02. The van der Waals surface area contributed by atoms with Gasteiger partial charge >= 0.3 is 0 Å². The zero-order valence-corrected chi connectivity index (χ0v) is 10.1. The van der Waals surface area contributed by atoms with Crippen molar-refractivity contribution >= 4 is 22.6 Å². The molecule has 74 valence electrons. The van der Waals surface area contributed by atoms with Crippen LogP contribution >= 0.6 is 22.6 Å². The minimum Gasteiger partial charge on any atom is -0.383 e. The summed E-state index contributed by atoms with van der Waals surface area (Å²) in [6.45, 7) is 2.96. The Hall–Kier alpha value is 0.650. The van der Waals surface area contributed by atoms with Gasteiger partial charge in [0.05, 0.1) is 6.61 Å². The minimum absolute atomic E-state index is 0.827. The molecule has 0 fully saturated rings. The van der Waals surface area contributed by atoms with E-state index in [4.69, 9.17) is 4.74 Å². The summed E-state index contributed by atoms with van der Waals surface area (Å²) in [6, 6.07) is 0. The Bertz CT molecular complexity index is 70.9. The molecule has 0 rings (SSSR count). The predicted octanol–water partition coefficient (Wildman–Crippen LogP) is 2.22. The highest BCUT2D eigenvalue weighted by Gasteiger charge is 1.88. The molecule has 0 saturated carbocycles. The van der Waals surface area contributed by atoms with Crippen LogP contribution in [-0.2, 0) is 4.74 Å². The van der Waals surface area contributed by atoms with E-state index in [1.54, 1.807) is 7.11 Å². The first-order chi connectivity index (χ1) is 5.91. The zero-order valence-electron chi connectivity index (χ0n) is 7.94. The molecule has 0 aliphatic rings. The van der Waals surface area contributed by atoms with Gasteiger partial charge in [0.2, 0.25) is 0 Å². The zero-order chi connectivity index (χ0) is 9.07. The summed E-state index contributed by atoms with van der Waals surface area (Å²) in [6.07, 6.45) is 5.43. The van der Waals surface area contributed by atoms with Crippen molar-refractivity contribution in [3.8, 4) is 0 Å². The summed E-state index contributed by atoms with van der Waals surface area (Å²) >= 11 is 2.43. The van der Waals surface area contributed by atoms with E-state index in [9.17, 15) is 0 Å². The summed E-state index contributed by atoms with van der Waals surface area (Å²) in [5, 5.41) is 3.34. The third-order valence-corrected chi connectivity index (χ3v) is 2.48. The van der Waals surface area contributed by atoms with Crippen LogP contribution in [0.15, 0.2) is 0 Å². The molecular formula is C9H20INO. The Morgan fingerprint density at radius 2 is 1.83 bits per heavy atom. The largest absolute Gasteiger partial charge is 0.383 e. The van der Waals surface area contributed by atoms with Crippen LogP contribution < -0.4 is 5.32 Å². The maximum atomic E-state index is 4.92. The van der Waals surface area contributed by atoms with Crippen LogP contribution in [0.4, 0.5) is 0 Å². The lowest BCUT2D eigenvalue weighted by Crippen LogP contribution is -2.20. The molecule has 0 saturated heterocycles. The van der Waals surface area contributed by atoms with Gasteiger partial charge in [-0.1, -0.05) is 35.4 Å². The van der Waals surface area contributed by atoms with Crippen LogP contribution in [0.25, 0.3) is 0 Å². The summed E-state index contributed by atoms with van der Waals surface area (Å²) in [4.78, 5) is 0. The number of unbranched alkanes of at least 4 members (excludes halogenated alkanes) is 3. The van der Waals surface area contributed by atoms with E-state index in [1.807, 2.05) is 0 Å². The topological polar surface area (TPSA) is 21.3 Å². The molecular weight excluding hydrogens is 265 g/mol. The first-order valence-corrected chi connectivity index (χ1v) is 6.20. The number of halogens is 1. The van der Waals surface area contributed by atoms with Crippen LogP contribution in [0.5, 0.6) is 0 Å². The van der Waals surface area contributed by atoms with Crippen molar-refractivity contribution in [1.29, 1.82) is 0 Å². The quantitative estimate of drug-likeness (QED) is 0.398. The molecule has 0 aromatic rings. The fraction of sp³-hybridized carbons (Fsp3) is 1.00. The Kier molecular flexibility index (Phi) is 12.3. The first kappa shape index (κ1) is 12.7. The highest BCUT2D eigenvalue weighted by atomic mass is 127. The van der Waals surface area contributed by atoms with Gasteiger partial charge in [-0.2, -0.15) is 0 Å². The number of methoxy groups -OCH3 is 1. The van der Waals surface area contributed by atoms with Gasteiger partial charge in [0, 0.05) is 13.7 Å². The average Bonchev–Trinajstić information content (AvgIpc) is 2.10. The van der Waals surface area contributed by atoms with E-state index in [-0.39, 0.29) is 0 Å². The molecule has 2 nitrogen and oxygen atoms in total. The molecule has 0 aliphatic heterocycles. The fourth-order valence-electron chi connectivity index (χ4n) is 0.997. The monoisotopic (exact) mass is 285 g/mol. The Morgan fingerprint density at radius 1 is 1.08 bits per heavy atom. The molecule has 0 aliphatic carbocycles. The maximum Gasteiger partial charge on any atom is 0.0587 e. The summed E-state index contributed by atoms with van der Waals surface area (Å²) < 4.78 is 6.22. The molecule has 0 unspecified atom stereocenters.